The van der Waals surface area contributed by atoms with E-state index in [1.807, 2.05) is 13.0 Å². The van der Waals surface area contributed by atoms with Crippen molar-refractivity contribution in [1.29, 1.82) is 0 Å². The van der Waals surface area contributed by atoms with Gasteiger partial charge >= 0.3 is 0 Å². The number of rotatable bonds is 7. The lowest BCUT2D eigenvalue weighted by molar-refractivity contribution is 0.171. The molecular formula is C23H22ClNO5S. The highest BCUT2D eigenvalue weighted by Crippen LogP contribution is 2.35. The summed E-state index contributed by atoms with van der Waals surface area (Å²) in [6.45, 7) is 3.35. The Balaban J connectivity index is 1.75. The van der Waals surface area contributed by atoms with Gasteiger partial charge in [-0.3, -0.25) is 4.31 Å². The van der Waals surface area contributed by atoms with Gasteiger partial charge in [-0.25, -0.2) is 8.42 Å². The van der Waals surface area contributed by atoms with E-state index in [0.29, 0.717) is 47.8 Å². The fraction of sp³-hybridized carbons (Fsp3) is 0.217. The summed E-state index contributed by atoms with van der Waals surface area (Å²) in [4.78, 5) is 0.118. The highest BCUT2D eigenvalue weighted by atomic mass is 35.5. The lowest BCUT2D eigenvalue weighted by Crippen LogP contribution is -2.30. The van der Waals surface area contributed by atoms with Crippen LogP contribution >= 0.6 is 11.6 Å². The van der Waals surface area contributed by atoms with Crippen LogP contribution < -0.4 is 18.5 Å². The van der Waals surface area contributed by atoms with Crippen LogP contribution in [0.1, 0.15) is 12.5 Å². The molecule has 0 fully saturated rings. The summed E-state index contributed by atoms with van der Waals surface area (Å²) in [5.41, 5.74) is 1.28. The molecule has 162 valence electrons. The van der Waals surface area contributed by atoms with Gasteiger partial charge in [0.15, 0.2) is 11.5 Å². The molecule has 0 N–H and O–H groups in total. The molecule has 4 rings (SSSR count). The molecule has 0 aromatic heterocycles. The van der Waals surface area contributed by atoms with E-state index in [1.165, 1.54) is 16.4 Å². The number of anilines is 1. The molecule has 0 atom stereocenters. The summed E-state index contributed by atoms with van der Waals surface area (Å²) < 4.78 is 45.3. The third-order valence-corrected chi connectivity index (χ3v) is 6.76. The second-order valence-electron chi connectivity index (χ2n) is 6.87. The van der Waals surface area contributed by atoms with Gasteiger partial charge in [0.2, 0.25) is 0 Å². The molecule has 1 heterocycles. The summed E-state index contributed by atoms with van der Waals surface area (Å²) in [5.74, 6) is 1.63. The van der Waals surface area contributed by atoms with Crippen LogP contribution in [-0.4, -0.2) is 28.2 Å². The van der Waals surface area contributed by atoms with Crippen LogP contribution in [-0.2, 0) is 16.6 Å². The second-order valence-corrected chi connectivity index (χ2v) is 9.17. The highest BCUT2D eigenvalue weighted by molar-refractivity contribution is 7.92. The van der Waals surface area contributed by atoms with Gasteiger partial charge in [-0.15, -0.1) is 0 Å². The first-order chi connectivity index (χ1) is 15.0. The number of sulfonamides is 1. The molecule has 0 aliphatic carbocycles. The first-order valence-electron chi connectivity index (χ1n) is 9.87. The molecule has 0 radical (unpaired) electrons. The minimum atomic E-state index is -3.91. The largest absolute Gasteiger partial charge is 0.494 e. The molecule has 0 unspecified atom stereocenters. The molecule has 0 spiro atoms. The summed E-state index contributed by atoms with van der Waals surface area (Å²) in [5, 5.41) is 0.542. The summed E-state index contributed by atoms with van der Waals surface area (Å²) in [6, 6.07) is 18.8. The minimum absolute atomic E-state index is 0.116. The molecule has 1 aliphatic rings. The van der Waals surface area contributed by atoms with Crippen molar-refractivity contribution < 1.29 is 22.6 Å². The number of ether oxygens (including phenoxy) is 3. The predicted octanol–water partition coefficient (Wildman–Crippen LogP) is 4.91. The maximum Gasteiger partial charge on any atom is 0.264 e. The number of hydrogen-bond acceptors (Lipinski definition) is 5. The van der Waals surface area contributed by atoms with Crippen molar-refractivity contribution in [2.75, 3.05) is 24.1 Å². The number of hydrogen-bond donors (Lipinski definition) is 0. The average molecular weight is 460 g/mol. The van der Waals surface area contributed by atoms with Gasteiger partial charge in [-0.05, 0) is 61.0 Å². The Morgan fingerprint density at radius 3 is 2.42 bits per heavy atom. The fourth-order valence-electron chi connectivity index (χ4n) is 3.30. The molecule has 8 heteroatoms. The molecular weight excluding hydrogens is 438 g/mol. The van der Waals surface area contributed by atoms with Gasteiger partial charge in [0.05, 0.1) is 23.7 Å². The molecule has 0 amide bonds. The lowest BCUT2D eigenvalue weighted by atomic mass is 10.2. The van der Waals surface area contributed by atoms with Crippen LogP contribution in [0.2, 0.25) is 5.02 Å². The van der Waals surface area contributed by atoms with E-state index in [9.17, 15) is 8.42 Å². The average Bonchev–Trinajstić information content (AvgIpc) is 2.78. The van der Waals surface area contributed by atoms with Gasteiger partial charge in [-0.1, -0.05) is 23.7 Å². The monoisotopic (exact) mass is 459 g/mol. The van der Waals surface area contributed by atoms with E-state index in [4.69, 9.17) is 25.8 Å². The van der Waals surface area contributed by atoms with Crippen LogP contribution in [0.4, 0.5) is 5.69 Å². The Morgan fingerprint density at radius 2 is 1.71 bits per heavy atom. The minimum Gasteiger partial charge on any atom is -0.494 e. The third-order valence-electron chi connectivity index (χ3n) is 4.75. The quantitative estimate of drug-likeness (QED) is 0.502. The van der Waals surface area contributed by atoms with Crippen molar-refractivity contribution in [3.05, 3.63) is 77.3 Å². The first kappa shape index (κ1) is 21.3. The van der Waals surface area contributed by atoms with Crippen molar-refractivity contribution in [3.63, 3.8) is 0 Å². The number of benzene rings is 3. The van der Waals surface area contributed by atoms with Crippen LogP contribution in [0.15, 0.2) is 71.6 Å². The second kappa shape index (κ2) is 9.08. The van der Waals surface area contributed by atoms with Gasteiger partial charge in [0, 0.05) is 11.1 Å². The number of halogens is 1. The number of nitrogens with zero attached hydrogens (tertiary/aromatic N) is 1. The molecule has 1 aliphatic heterocycles. The van der Waals surface area contributed by atoms with Crippen LogP contribution in [0.3, 0.4) is 0 Å². The van der Waals surface area contributed by atoms with Gasteiger partial charge < -0.3 is 14.2 Å². The third kappa shape index (κ3) is 4.73. The summed E-state index contributed by atoms with van der Waals surface area (Å²) in [7, 11) is -3.91. The smallest absolute Gasteiger partial charge is 0.264 e. The molecule has 31 heavy (non-hydrogen) atoms. The summed E-state index contributed by atoms with van der Waals surface area (Å²) in [6.07, 6.45) is 0. The highest BCUT2D eigenvalue weighted by Gasteiger charge is 2.27. The van der Waals surface area contributed by atoms with E-state index in [0.717, 1.165) is 5.56 Å². The van der Waals surface area contributed by atoms with E-state index in [2.05, 4.69) is 0 Å². The van der Waals surface area contributed by atoms with E-state index >= 15 is 0 Å². The van der Waals surface area contributed by atoms with Gasteiger partial charge in [0.25, 0.3) is 10.0 Å². The van der Waals surface area contributed by atoms with Crippen molar-refractivity contribution >= 4 is 27.3 Å². The molecule has 6 nitrogen and oxygen atoms in total. The molecule has 0 saturated carbocycles. The Kier molecular flexibility index (Phi) is 6.25. The Labute approximate surface area is 187 Å². The van der Waals surface area contributed by atoms with Crippen molar-refractivity contribution in [2.45, 2.75) is 18.4 Å². The topological polar surface area (TPSA) is 65.1 Å². The van der Waals surface area contributed by atoms with Crippen molar-refractivity contribution in [1.82, 2.24) is 0 Å². The van der Waals surface area contributed by atoms with Gasteiger partial charge in [0.1, 0.15) is 19.0 Å². The lowest BCUT2D eigenvalue weighted by Gasteiger charge is -2.26. The Bertz CT molecular complexity index is 1160. The zero-order valence-electron chi connectivity index (χ0n) is 17.0. The molecule has 0 bridgehead atoms. The zero-order valence-corrected chi connectivity index (χ0v) is 18.5. The van der Waals surface area contributed by atoms with Crippen LogP contribution in [0.25, 0.3) is 0 Å². The van der Waals surface area contributed by atoms with E-state index in [1.54, 1.807) is 48.5 Å². The molecule has 3 aromatic carbocycles. The molecule has 3 aromatic rings. The predicted molar refractivity (Wildman–Crippen MR) is 120 cm³/mol. The zero-order chi connectivity index (χ0) is 21.8. The summed E-state index contributed by atoms with van der Waals surface area (Å²) >= 11 is 6.13. The van der Waals surface area contributed by atoms with E-state index < -0.39 is 10.0 Å². The Morgan fingerprint density at radius 1 is 0.968 bits per heavy atom. The van der Waals surface area contributed by atoms with Crippen molar-refractivity contribution in [2.24, 2.45) is 0 Å². The van der Waals surface area contributed by atoms with Crippen LogP contribution in [0.5, 0.6) is 17.2 Å². The first-order valence-corrected chi connectivity index (χ1v) is 11.7. The standard InChI is InChI=1S/C23H22ClNO5S/c1-2-28-20-8-6-19(7-9-20)25(16-17-4-3-5-18(24)14-17)31(26,27)21-10-11-22-23(15-21)30-13-12-29-22/h3-11,14-15H,2,12-13,16H2,1H3. The van der Waals surface area contributed by atoms with Gasteiger partial charge in [-0.2, -0.15) is 0 Å². The number of fused-ring (bicyclic) bond motifs is 1. The normalized spacial score (nSPS) is 13.0. The fourth-order valence-corrected chi connectivity index (χ4v) is 4.98. The van der Waals surface area contributed by atoms with Crippen LogP contribution in [0, 0.1) is 0 Å². The SMILES string of the molecule is CCOc1ccc(N(Cc2cccc(Cl)c2)S(=O)(=O)c2ccc3c(c2)OCCO3)cc1. The molecule has 0 saturated heterocycles. The Hall–Kier alpha value is -2.90. The maximum absolute atomic E-state index is 13.7. The van der Waals surface area contributed by atoms with Crippen molar-refractivity contribution in [3.8, 4) is 17.2 Å². The van der Waals surface area contributed by atoms with E-state index in [-0.39, 0.29) is 11.4 Å². The maximum atomic E-state index is 13.7.